The molecule has 2 heterocycles. The quantitative estimate of drug-likeness (QED) is 0.694. The average molecular weight is 361 g/mol. The van der Waals surface area contributed by atoms with Gasteiger partial charge in [0.15, 0.2) is 0 Å². The van der Waals surface area contributed by atoms with E-state index in [1.54, 1.807) is 0 Å². The van der Waals surface area contributed by atoms with Gasteiger partial charge in [-0.3, -0.25) is 4.57 Å². The minimum atomic E-state index is -0.299. The van der Waals surface area contributed by atoms with Crippen molar-refractivity contribution in [3.63, 3.8) is 0 Å². The van der Waals surface area contributed by atoms with Crippen LogP contribution in [0, 0.1) is 6.92 Å². The van der Waals surface area contributed by atoms with Crippen LogP contribution in [0.3, 0.4) is 0 Å². The number of anilines is 1. The Hall–Kier alpha value is -3.08. The zero-order chi connectivity index (χ0) is 19.1. The summed E-state index contributed by atoms with van der Waals surface area (Å²) in [5.41, 5.74) is 5.46. The summed E-state index contributed by atoms with van der Waals surface area (Å²) in [5.74, 6) is 0.440. The molecule has 1 atom stereocenters. The number of esters is 1. The van der Waals surface area contributed by atoms with E-state index >= 15 is 0 Å². The molecule has 1 N–H and O–H groups in total. The van der Waals surface area contributed by atoms with Crippen LogP contribution >= 0.6 is 0 Å². The van der Waals surface area contributed by atoms with Crippen LogP contribution in [0.15, 0.2) is 59.8 Å². The van der Waals surface area contributed by atoms with Crippen molar-refractivity contribution in [3.8, 4) is 0 Å². The number of fused-ring (bicyclic) bond motifs is 3. The largest absolute Gasteiger partial charge is 0.459 e. The Bertz CT molecular complexity index is 1060. The smallest absolute Gasteiger partial charge is 0.338 e. The minimum absolute atomic E-state index is 0.184. The first kappa shape index (κ1) is 17.3. The normalized spacial score (nSPS) is 16.4. The fourth-order valence-electron chi connectivity index (χ4n) is 3.69. The van der Waals surface area contributed by atoms with Crippen LogP contribution in [0.2, 0.25) is 0 Å². The van der Waals surface area contributed by atoms with Gasteiger partial charge in [0, 0.05) is 5.70 Å². The number of para-hydroxylation sites is 2. The van der Waals surface area contributed by atoms with E-state index < -0.39 is 0 Å². The van der Waals surface area contributed by atoms with Crippen molar-refractivity contribution < 1.29 is 9.53 Å². The summed E-state index contributed by atoms with van der Waals surface area (Å²) >= 11 is 0. The summed E-state index contributed by atoms with van der Waals surface area (Å²) in [4.78, 5) is 17.8. The Morgan fingerprint density at radius 1 is 1.11 bits per heavy atom. The Balaban J connectivity index is 1.99. The van der Waals surface area contributed by atoms with E-state index in [2.05, 4.69) is 28.9 Å². The lowest BCUT2D eigenvalue weighted by Crippen LogP contribution is -2.30. The highest BCUT2D eigenvalue weighted by molar-refractivity contribution is 5.94. The molecule has 5 nitrogen and oxygen atoms in total. The van der Waals surface area contributed by atoms with E-state index in [-0.39, 0.29) is 18.1 Å². The summed E-state index contributed by atoms with van der Waals surface area (Å²) in [6, 6.07) is 15.8. The van der Waals surface area contributed by atoms with Crippen molar-refractivity contribution in [2.24, 2.45) is 0 Å². The Kier molecular flexibility index (Phi) is 4.22. The van der Waals surface area contributed by atoms with Crippen molar-refractivity contribution >= 4 is 23.0 Å². The number of aromatic nitrogens is 2. The molecule has 0 amide bonds. The number of nitrogens with zero attached hydrogens (tertiary/aromatic N) is 2. The number of ether oxygens (including phenoxy) is 1. The van der Waals surface area contributed by atoms with Crippen LogP contribution in [-0.4, -0.2) is 21.6 Å². The van der Waals surface area contributed by atoms with Crippen LogP contribution in [0.25, 0.3) is 11.0 Å². The maximum absolute atomic E-state index is 13.0. The summed E-state index contributed by atoms with van der Waals surface area (Å²) in [6.45, 7) is 7.71. The molecule has 0 aliphatic carbocycles. The number of imidazole rings is 1. The third kappa shape index (κ3) is 2.89. The number of hydrogen-bond acceptors (Lipinski definition) is 4. The number of carbonyl (C=O) groups excluding carboxylic acids is 1. The number of nitrogens with one attached hydrogen (secondary N) is 1. The second-order valence-corrected chi connectivity index (χ2v) is 7.17. The van der Waals surface area contributed by atoms with E-state index in [1.807, 2.05) is 57.2 Å². The molecule has 1 aliphatic heterocycles. The standard InChI is InChI=1S/C22H23N3O2/c1-13(2)27-21(26)19-15(4)23-22-24-17-11-7-8-12-18(17)25(22)20(19)16-10-6-5-9-14(16)3/h5-13,20H,1-4H3,(H,23,24)/t20-/m0/s1. The van der Waals surface area contributed by atoms with E-state index in [4.69, 9.17) is 9.72 Å². The number of allylic oxidation sites excluding steroid dienone is 1. The molecule has 0 saturated heterocycles. The van der Waals surface area contributed by atoms with Gasteiger partial charge in [0.25, 0.3) is 0 Å². The molecule has 3 aromatic rings. The third-order valence-electron chi connectivity index (χ3n) is 4.88. The topological polar surface area (TPSA) is 56.2 Å². The fraction of sp³-hybridized carbons (Fsp3) is 0.273. The van der Waals surface area contributed by atoms with Crippen molar-refractivity contribution in [2.75, 3.05) is 5.32 Å². The Morgan fingerprint density at radius 3 is 2.56 bits per heavy atom. The van der Waals surface area contributed by atoms with Gasteiger partial charge in [0.2, 0.25) is 5.95 Å². The second kappa shape index (κ2) is 6.58. The summed E-state index contributed by atoms with van der Waals surface area (Å²) in [7, 11) is 0. The van der Waals surface area contributed by atoms with Crippen LogP contribution in [0.5, 0.6) is 0 Å². The number of carbonyl (C=O) groups is 1. The Labute approximate surface area is 158 Å². The van der Waals surface area contributed by atoms with Gasteiger partial charge < -0.3 is 10.1 Å². The van der Waals surface area contributed by atoms with Crippen molar-refractivity contribution in [2.45, 2.75) is 39.8 Å². The molecule has 0 saturated carbocycles. The molecular weight excluding hydrogens is 338 g/mol. The summed E-state index contributed by atoms with van der Waals surface area (Å²) < 4.78 is 7.68. The molecule has 4 rings (SSSR count). The molecule has 0 unspecified atom stereocenters. The zero-order valence-corrected chi connectivity index (χ0v) is 16.0. The van der Waals surface area contributed by atoms with Crippen LogP contribution in [0.4, 0.5) is 5.95 Å². The van der Waals surface area contributed by atoms with Crippen LogP contribution in [-0.2, 0) is 9.53 Å². The zero-order valence-electron chi connectivity index (χ0n) is 16.0. The summed E-state index contributed by atoms with van der Waals surface area (Å²) in [6.07, 6.45) is -0.184. The molecular formula is C22H23N3O2. The fourth-order valence-corrected chi connectivity index (χ4v) is 3.69. The molecule has 0 bridgehead atoms. The van der Waals surface area contributed by atoms with E-state index in [0.717, 1.165) is 33.8 Å². The second-order valence-electron chi connectivity index (χ2n) is 7.17. The van der Waals surface area contributed by atoms with Gasteiger partial charge in [0.05, 0.1) is 28.8 Å². The monoisotopic (exact) mass is 361 g/mol. The maximum Gasteiger partial charge on any atom is 0.338 e. The highest BCUT2D eigenvalue weighted by Crippen LogP contribution is 2.40. The predicted octanol–water partition coefficient (Wildman–Crippen LogP) is 4.59. The first-order valence-electron chi connectivity index (χ1n) is 9.18. The van der Waals surface area contributed by atoms with E-state index in [0.29, 0.717) is 5.57 Å². The van der Waals surface area contributed by atoms with Gasteiger partial charge in [0.1, 0.15) is 0 Å². The number of benzene rings is 2. The molecule has 2 aromatic carbocycles. The van der Waals surface area contributed by atoms with Gasteiger partial charge >= 0.3 is 5.97 Å². The van der Waals surface area contributed by atoms with Gasteiger partial charge in [-0.1, -0.05) is 36.4 Å². The van der Waals surface area contributed by atoms with Gasteiger partial charge in [-0.05, 0) is 51.0 Å². The predicted molar refractivity (Wildman–Crippen MR) is 107 cm³/mol. The van der Waals surface area contributed by atoms with Crippen molar-refractivity contribution in [1.82, 2.24) is 9.55 Å². The maximum atomic E-state index is 13.0. The molecule has 0 spiro atoms. The molecule has 5 heteroatoms. The number of aryl methyl sites for hydroxylation is 1. The molecule has 0 radical (unpaired) electrons. The minimum Gasteiger partial charge on any atom is -0.459 e. The van der Waals surface area contributed by atoms with Gasteiger partial charge in [-0.25, -0.2) is 9.78 Å². The number of hydrogen-bond donors (Lipinski definition) is 1. The van der Waals surface area contributed by atoms with E-state index in [1.165, 1.54) is 0 Å². The lowest BCUT2D eigenvalue weighted by Gasteiger charge is -2.31. The molecule has 0 fully saturated rings. The van der Waals surface area contributed by atoms with Crippen LogP contribution in [0.1, 0.15) is 37.9 Å². The van der Waals surface area contributed by atoms with Crippen LogP contribution < -0.4 is 5.32 Å². The van der Waals surface area contributed by atoms with Crippen molar-refractivity contribution in [3.05, 3.63) is 70.9 Å². The SMILES string of the molecule is CC1=C(C(=O)OC(C)C)[C@H](c2ccccc2C)n2c(nc3ccccc32)N1. The first-order valence-corrected chi connectivity index (χ1v) is 9.18. The molecule has 1 aliphatic rings. The lowest BCUT2D eigenvalue weighted by atomic mass is 9.92. The van der Waals surface area contributed by atoms with E-state index in [9.17, 15) is 4.79 Å². The average Bonchev–Trinajstić information content (AvgIpc) is 2.98. The third-order valence-corrected chi connectivity index (χ3v) is 4.88. The van der Waals surface area contributed by atoms with Gasteiger partial charge in [-0.2, -0.15) is 0 Å². The lowest BCUT2D eigenvalue weighted by molar-refractivity contribution is -0.143. The highest BCUT2D eigenvalue weighted by atomic mass is 16.5. The Morgan fingerprint density at radius 2 is 1.81 bits per heavy atom. The first-order chi connectivity index (χ1) is 13.0. The van der Waals surface area contributed by atoms with Gasteiger partial charge in [-0.15, -0.1) is 0 Å². The molecule has 27 heavy (non-hydrogen) atoms. The number of rotatable bonds is 3. The summed E-state index contributed by atoms with van der Waals surface area (Å²) in [5, 5.41) is 3.30. The molecule has 1 aromatic heterocycles. The van der Waals surface area contributed by atoms with Crippen molar-refractivity contribution in [1.29, 1.82) is 0 Å². The highest BCUT2D eigenvalue weighted by Gasteiger charge is 2.35. The molecule has 138 valence electrons.